The average molecular weight is 701 g/mol. The van der Waals surface area contributed by atoms with Crippen molar-refractivity contribution in [3.05, 3.63) is 179 Å². The van der Waals surface area contributed by atoms with E-state index in [1.54, 1.807) is 121 Å². The van der Waals surface area contributed by atoms with Crippen molar-refractivity contribution >= 4 is 23.9 Å². The Morgan fingerprint density at radius 3 is 1.31 bits per heavy atom. The summed E-state index contributed by atoms with van der Waals surface area (Å²) < 4.78 is 36.5. The van der Waals surface area contributed by atoms with Gasteiger partial charge in [0.1, 0.15) is 12.7 Å². The molecule has 52 heavy (non-hydrogen) atoms. The second-order valence-electron chi connectivity index (χ2n) is 11.8. The maximum atomic E-state index is 13.7. The van der Waals surface area contributed by atoms with Crippen LogP contribution in [-0.4, -0.2) is 67.8 Å². The van der Waals surface area contributed by atoms with Crippen LogP contribution in [0.2, 0.25) is 0 Å². The van der Waals surface area contributed by atoms with Crippen molar-refractivity contribution in [2.45, 2.75) is 37.1 Å². The highest BCUT2D eigenvalue weighted by Gasteiger charge is 2.53. The summed E-state index contributed by atoms with van der Waals surface area (Å²) in [6, 6.07) is 42.6. The molecule has 264 valence electrons. The van der Waals surface area contributed by atoms with Gasteiger partial charge < -0.3 is 28.4 Å². The molecule has 0 radical (unpaired) electrons. The van der Waals surface area contributed by atoms with Crippen LogP contribution in [0.1, 0.15) is 47.0 Å². The van der Waals surface area contributed by atoms with Crippen molar-refractivity contribution in [3.63, 3.8) is 0 Å². The molecule has 5 atom stereocenters. The van der Waals surface area contributed by atoms with Gasteiger partial charge in [0.25, 0.3) is 0 Å². The SMILES string of the molecule is O=C(OC[C@H]1O[C@H](OCCc2ccccc2)[C@H](OC(=O)c2ccccc2)[C@@H](OC(=O)c2ccccc2)[C@@H]1OC(=O)c1ccccc1)c1ccccc1. The van der Waals surface area contributed by atoms with Gasteiger partial charge in [-0.05, 0) is 60.5 Å². The van der Waals surface area contributed by atoms with E-state index in [-0.39, 0.29) is 28.9 Å². The summed E-state index contributed by atoms with van der Waals surface area (Å²) in [5.74, 6) is -2.97. The zero-order valence-corrected chi connectivity index (χ0v) is 28.0. The van der Waals surface area contributed by atoms with E-state index in [2.05, 4.69) is 0 Å². The molecule has 0 unspecified atom stereocenters. The van der Waals surface area contributed by atoms with Gasteiger partial charge in [-0.15, -0.1) is 0 Å². The third-order valence-electron chi connectivity index (χ3n) is 8.25. The third kappa shape index (κ3) is 9.36. The Bertz CT molecular complexity index is 1900. The molecule has 0 amide bonds. The number of rotatable bonds is 13. The topological polar surface area (TPSA) is 124 Å². The van der Waals surface area contributed by atoms with Crippen molar-refractivity contribution in [1.82, 2.24) is 0 Å². The number of hydrogen-bond acceptors (Lipinski definition) is 10. The molecular formula is C42H36O10. The Hall–Kier alpha value is -6.10. The minimum absolute atomic E-state index is 0.110. The first-order valence-corrected chi connectivity index (χ1v) is 16.8. The zero-order valence-electron chi connectivity index (χ0n) is 28.0. The summed E-state index contributed by atoms with van der Waals surface area (Å²) >= 11 is 0. The minimum Gasteiger partial charge on any atom is -0.459 e. The molecule has 0 spiro atoms. The van der Waals surface area contributed by atoms with E-state index in [4.69, 9.17) is 28.4 Å². The molecule has 10 heteroatoms. The summed E-state index contributed by atoms with van der Waals surface area (Å²) in [5.41, 5.74) is 1.88. The van der Waals surface area contributed by atoms with Gasteiger partial charge in [-0.2, -0.15) is 0 Å². The lowest BCUT2D eigenvalue weighted by Crippen LogP contribution is -2.63. The van der Waals surface area contributed by atoms with Gasteiger partial charge in [0, 0.05) is 0 Å². The number of esters is 4. The number of ether oxygens (including phenoxy) is 6. The Morgan fingerprint density at radius 2 is 0.846 bits per heavy atom. The normalized spacial score (nSPS) is 19.5. The summed E-state index contributed by atoms with van der Waals surface area (Å²) in [4.78, 5) is 54.0. The Labute approximate surface area is 300 Å². The van der Waals surface area contributed by atoms with Gasteiger partial charge in [-0.25, -0.2) is 19.2 Å². The fraction of sp³-hybridized carbons (Fsp3) is 0.190. The van der Waals surface area contributed by atoms with E-state index in [1.165, 1.54) is 0 Å². The molecule has 0 N–H and O–H groups in total. The molecule has 1 saturated heterocycles. The first-order valence-electron chi connectivity index (χ1n) is 16.8. The first kappa shape index (κ1) is 35.7. The minimum atomic E-state index is -1.48. The maximum absolute atomic E-state index is 13.7. The van der Waals surface area contributed by atoms with Gasteiger partial charge in [-0.3, -0.25) is 0 Å². The molecule has 0 aromatic heterocycles. The number of carbonyl (C=O) groups excluding carboxylic acids is 4. The highest BCUT2D eigenvalue weighted by molar-refractivity contribution is 5.91. The fourth-order valence-electron chi connectivity index (χ4n) is 5.60. The lowest BCUT2D eigenvalue weighted by Gasteiger charge is -2.44. The van der Waals surface area contributed by atoms with Gasteiger partial charge in [0.2, 0.25) is 0 Å². The number of carbonyl (C=O) groups is 4. The smallest absolute Gasteiger partial charge is 0.338 e. The summed E-state index contributed by atoms with van der Waals surface area (Å²) in [6.07, 6.45) is -6.48. The highest BCUT2D eigenvalue weighted by Crippen LogP contribution is 2.32. The predicted octanol–water partition coefficient (Wildman–Crippen LogP) is 6.50. The van der Waals surface area contributed by atoms with Gasteiger partial charge >= 0.3 is 23.9 Å². The second-order valence-corrected chi connectivity index (χ2v) is 11.8. The fourth-order valence-corrected chi connectivity index (χ4v) is 5.60. The summed E-state index contributed by atoms with van der Waals surface area (Å²) in [6.45, 7) is -0.323. The highest BCUT2D eigenvalue weighted by atomic mass is 16.7. The Balaban J connectivity index is 1.37. The molecule has 10 nitrogen and oxygen atoms in total. The molecule has 0 saturated carbocycles. The van der Waals surface area contributed by atoms with Gasteiger partial charge in [0.05, 0.1) is 28.9 Å². The first-order chi connectivity index (χ1) is 25.5. The average Bonchev–Trinajstić information content (AvgIpc) is 3.20. The van der Waals surface area contributed by atoms with Crippen LogP contribution in [0.15, 0.2) is 152 Å². The molecule has 5 aromatic carbocycles. The lowest BCUT2D eigenvalue weighted by atomic mass is 9.97. The maximum Gasteiger partial charge on any atom is 0.338 e. The number of hydrogen-bond donors (Lipinski definition) is 0. The summed E-state index contributed by atoms with van der Waals surface area (Å²) in [7, 11) is 0. The molecule has 0 bridgehead atoms. The third-order valence-corrected chi connectivity index (χ3v) is 8.25. The van der Waals surface area contributed by atoms with E-state index in [0.29, 0.717) is 6.42 Å². The van der Waals surface area contributed by atoms with Crippen LogP contribution in [0.4, 0.5) is 0 Å². The molecule has 0 aliphatic carbocycles. The van der Waals surface area contributed by atoms with Crippen LogP contribution >= 0.6 is 0 Å². The Morgan fingerprint density at radius 1 is 0.462 bits per heavy atom. The molecule has 1 heterocycles. The van der Waals surface area contributed by atoms with Crippen molar-refractivity contribution in [2.75, 3.05) is 13.2 Å². The van der Waals surface area contributed by atoms with Crippen LogP contribution in [0.25, 0.3) is 0 Å². The second kappa shape index (κ2) is 17.7. The van der Waals surface area contributed by atoms with E-state index in [9.17, 15) is 19.2 Å². The predicted molar refractivity (Wildman–Crippen MR) is 188 cm³/mol. The quantitative estimate of drug-likeness (QED) is 0.0993. The molecule has 1 aliphatic rings. The monoisotopic (exact) mass is 700 g/mol. The largest absolute Gasteiger partial charge is 0.459 e. The van der Waals surface area contributed by atoms with Gasteiger partial charge in [-0.1, -0.05) is 103 Å². The van der Waals surface area contributed by atoms with Crippen LogP contribution in [0, 0.1) is 0 Å². The molecule has 6 rings (SSSR count). The van der Waals surface area contributed by atoms with Crippen LogP contribution in [0.3, 0.4) is 0 Å². The zero-order chi connectivity index (χ0) is 36.1. The standard InChI is InChI=1S/C42H36O10/c43-38(30-18-8-2-9-19-30)48-28-34-35(50-39(44)31-20-10-3-11-21-31)36(51-40(45)32-22-12-4-13-23-32)37(52-41(46)33-24-14-5-15-25-33)42(49-34)47-27-26-29-16-6-1-7-17-29/h1-25,34-37,42H,26-28H2/t34-,35-,36+,37-,42+/m1/s1. The molecule has 1 aliphatic heterocycles. The van der Waals surface area contributed by atoms with E-state index in [1.807, 2.05) is 30.3 Å². The van der Waals surface area contributed by atoms with Gasteiger partial charge in [0.15, 0.2) is 24.6 Å². The van der Waals surface area contributed by atoms with E-state index < -0.39 is 61.2 Å². The van der Waals surface area contributed by atoms with Crippen molar-refractivity contribution in [3.8, 4) is 0 Å². The van der Waals surface area contributed by atoms with E-state index >= 15 is 0 Å². The van der Waals surface area contributed by atoms with Crippen LogP contribution in [0.5, 0.6) is 0 Å². The molecular weight excluding hydrogens is 664 g/mol. The summed E-state index contributed by atoms with van der Waals surface area (Å²) in [5, 5.41) is 0. The number of benzene rings is 5. The molecule has 5 aromatic rings. The van der Waals surface area contributed by atoms with Crippen molar-refractivity contribution in [2.24, 2.45) is 0 Å². The van der Waals surface area contributed by atoms with Crippen molar-refractivity contribution in [1.29, 1.82) is 0 Å². The van der Waals surface area contributed by atoms with Crippen molar-refractivity contribution < 1.29 is 47.6 Å². The van der Waals surface area contributed by atoms with Crippen LogP contribution < -0.4 is 0 Å². The lowest BCUT2D eigenvalue weighted by molar-refractivity contribution is -0.298. The molecule has 1 fully saturated rings. The Kier molecular flexibility index (Phi) is 12.2. The van der Waals surface area contributed by atoms with E-state index in [0.717, 1.165) is 5.56 Å². The van der Waals surface area contributed by atoms with Crippen LogP contribution in [-0.2, 0) is 34.8 Å².